The summed E-state index contributed by atoms with van der Waals surface area (Å²) in [6.45, 7) is 1.75. The van der Waals surface area contributed by atoms with Gasteiger partial charge < -0.3 is 5.32 Å². The molecule has 0 bridgehead atoms. The molecule has 172 valence electrons. The molecule has 0 spiro atoms. The van der Waals surface area contributed by atoms with Crippen LogP contribution in [-0.2, 0) is 11.0 Å². The number of hydrogen-bond donors (Lipinski definition) is 1. The number of carbonyl (C=O) groups is 1. The summed E-state index contributed by atoms with van der Waals surface area (Å²) in [4.78, 5) is 25.6. The number of amides is 1. The van der Waals surface area contributed by atoms with Crippen LogP contribution in [-0.4, -0.2) is 46.0 Å². The van der Waals surface area contributed by atoms with Crippen LogP contribution in [0.4, 0.5) is 18.9 Å². The van der Waals surface area contributed by atoms with Crippen LogP contribution in [0.5, 0.6) is 0 Å². The normalized spacial score (nSPS) is 11.9. The maximum Gasteiger partial charge on any atom is 0.416 e. The summed E-state index contributed by atoms with van der Waals surface area (Å²) in [7, 11) is 0. The van der Waals surface area contributed by atoms with Crippen LogP contribution >= 0.6 is 11.8 Å². The van der Waals surface area contributed by atoms with Gasteiger partial charge in [-0.2, -0.15) is 22.8 Å². The molecule has 0 unspecified atom stereocenters. The van der Waals surface area contributed by atoms with E-state index in [-0.39, 0.29) is 17.1 Å². The van der Waals surface area contributed by atoms with E-state index in [1.54, 1.807) is 11.4 Å². The largest absolute Gasteiger partial charge is 0.416 e. The predicted octanol–water partition coefficient (Wildman–Crippen LogP) is 3.92. The maximum atomic E-state index is 13.3. The lowest BCUT2D eigenvalue weighted by atomic mass is 10.1. The number of para-hydroxylation sites is 1. The number of carbonyl (C=O) groups excluding carboxylic acids is 1. The summed E-state index contributed by atoms with van der Waals surface area (Å²) in [5, 5.41) is 12.1. The van der Waals surface area contributed by atoms with Crippen LogP contribution in [0.1, 0.15) is 11.4 Å². The first-order valence-corrected chi connectivity index (χ1v) is 10.9. The molecule has 0 radical (unpaired) electrons. The Bertz CT molecular complexity index is 1510. The Kier molecular flexibility index (Phi) is 5.40. The molecule has 5 aromatic rings. The number of thioether (sulfide) groups is 1. The third kappa shape index (κ3) is 4.17. The van der Waals surface area contributed by atoms with Crippen LogP contribution < -0.4 is 5.32 Å². The second kappa shape index (κ2) is 8.41. The Balaban J connectivity index is 1.42. The number of rotatable bonds is 5. The lowest BCUT2D eigenvalue weighted by Crippen LogP contribution is -2.17. The maximum absolute atomic E-state index is 13.3. The molecule has 9 nitrogen and oxygen atoms in total. The van der Waals surface area contributed by atoms with Gasteiger partial charge in [0.15, 0.2) is 10.8 Å². The van der Waals surface area contributed by atoms with Crippen LogP contribution in [0.15, 0.2) is 60.3 Å². The lowest BCUT2D eigenvalue weighted by Gasteiger charge is -2.14. The van der Waals surface area contributed by atoms with Crippen molar-refractivity contribution in [1.82, 2.24) is 34.3 Å². The van der Waals surface area contributed by atoms with Crippen LogP contribution in [0.3, 0.4) is 0 Å². The van der Waals surface area contributed by atoms with E-state index in [1.165, 1.54) is 23.4 Å². The number of halogens is 3. The first-order valence-electron chi connectivity index (χ1n) is 9.90. The van der Waals surface area contributed by atoms with Crippen LogP contribution in [0.2, 0.25) is 0 Å². The van der Waals surface area contributed by atoms with Crippen molar-refractivity contribution in [3.63, 3.8) is 0 Å². The molecule has 1 N–H and O–H groups in total. The lowest BCUT2D eigenvalue weighted by molar-refractivity contribution is -0.137. The van der Waals surface area contributed by atoms with Crippen molar-refractivity contribution < 1.29 is 18.0 Å². The average Bonchev–Trinajstić information content (AvgIpc) is 3.46. The number of benzene rings is 2. The van der Waals surface area contributed by atoms with Crippen molar-refractivity contribution in [2.75, 3.05) is 11.1 Å². The van der Waals surface area contributed by atoms with Gasteiger partial charge in [-0.3, -0.25) is 4.79 Å². The highest BCUT2D eigenvalue weighted by atomic mass is 32.2. The number of nitrogens with zero attached hydrogens (tertiary/aromatic N) is 7. The van der Waals surface area contributed by atoms with E-state index >= 15 is 0 Å². The zero-order valence-corrected chi connectivity index (χ0v) is 18.3. The Morgan fingerprint density at radius 2 is 1.97 bits per heavy atom. The fourth-order valence-electron chi connectivity index (χ4n) is 3.39. The highest BCUT2D eigenvalue weighted by molar-refractivity contribution is 7.99. The van der Waals surface area contributed by atoms with E-state index in [1.807, 2.05) is 24.3 Å². The van der Waals surface area contributed by atoms with Gasteiger partial charge in [0.1, 0.15) is 18.5 Å². The highest BCUT2D eigenvalue weighted by Crippen LogP contribution is 2.33. The number of alkyl halides is 3. The molecule has 13 heteroatoms. The van der Waals surface area contributed by atoms with Gasteiger partial charge >= 0.3 is 6.18 Å². The van der Waals surface area contributed by atoms with Gasteiger partial charge in [-0.25, -0.2) is 19.6 Å². The van der Waals surface area contributed by atoms with Crippen molar-refractivity contribution in [1.29, 1.82) is 0 Å². The minimum atomic E-state index is -4.57. The second-order valence-corrected chi connectivity index (χ2v) is 8.16. The first-order chi connectivity index (χ1) is 16.3. The fourth-order valence-corrected chi connectivity index (χ4v) is 4.13. The molecular formula is C21H15F3N8OS. The molecule has 0 aliphatic carbocycles. The summed E-state index contributed by atoms with van der Waals surface area (Å²) in [6.07, 6.45) is -1.99. The molecule has 34 heavy (non-hydrogen) atoms. The quantitative estimate of drug-likeness (QED) is 0.298. The van der Waals surface area contributed by atoms with Crippen molar-refractivity contribution in [2.24, 2.45) is 0 Å². The third-order valence-electron chi connectivity index (χ3n) is 4.85. The van der Waals surface area contributed by atoms with E-state index in [0.29, 0.717) is 22.1 Å². The van der Waals surface area contributed by atoms with Crippen LogP contribution in [0.25, 0.3) is 22.2 Å². The second-order valence-electron chi connectivity index (χ2n) is 7.21. The molecule has 0 aliphatic rings. The van der Waals surface area contributed by atoms with Crippen molar-refractivity contribution in [3.05, 3.63) is 66.5 Å². The summed E-state index contributed by atoms with van der Waals surface area (Å²) >= 11 is 1.10. The van der Waals surface area contributed by atoms with E-state index in [4.69, 9.17) is 0 Å². The number of fused-ring (bicyclic) bond motifs is 3. The van der Waals surface area contributed by atoms with Gasteiger partial charge in [0, 0.05) is 5.39 Å². The van der Waals surface area contributed by atoms with Crippen molar-refractivity contribution in [3.8, 4) is 5.69 Å². The van der Waals surface area contributed by atoms with Gasteiger partial charge in [0.25, 0.3) is 0 Å². The van der Waals surface area contributed by atoms with E-state index in [0.717, 1.165) is 29.3 Å². The standard InChI is InChI=1S/C21H15F3N8OS/c1-12-27-19-14-4-2-3-5-15(14)29-20(32(19)30-12)34-9-18(33)28-16-8-13(21(22,23)24)6-7-17(16)31-11-25-10-26-31/h2-8,10-11H,9H2,1H3,(H,28,33). The van der Waals surface area contributed by atoms with Crippen LogP contribution in [0, 0.1) is 6.92 Å². The minimum absolute atomic E-state index is 0.0425. The van der Waals surface area contributed by atoms with E-state index < -0.39 is 17.6 Å². The molecule has 1 amide bonds. The molecule has 2 aromatic carbocycles. The Hall–Kier alpha value is -4.00. The summed E-state index contributed by atoms with van der Waals surface area (Å²) in [6, 6.07) is 10.4. The van der Waals surface area contributed by atoms with E-state index in [9.17, 15) is 18.0 Å². The molecule has 5 rings (SSSR count). The number of aryl methyl sites for hydroxylation is 1. The zero-order chi connectivity index (χ0) is 23.9. The average molecular weight is 484 g/mol. The summed E-state index contributed by atoms with van der Waals surface area (Å²) in [5.74, 6) is -0.0941. The SMILES string of the molecule is Cc1nc2c3ccccc3nc(SCC(=O)Nc3cc(C(F)(F)F)ccc3-n3cncn3)n2n1. The summed E-state index contributed by atoms with van der Waals surface area (Å²) < 4.78 is 42.6. The number of aromatic nitrogens is 7. The molecule has 0 fully saturated rings. The molecule has 3 heterocycles. The van der Waals surface area contributed by atoms with Gasteiger partial charge in [-0.15, -0.1) is 5.10 Å². The Labute approximate surface area is 194 Å². The Morgan fingerprint density at radius 3 is 2.74 bits per heavy atom. The summed E-state index contributed by atoms with van der Waals surface area (Å²) in [5.41, 5.74) is 0.616. The highest BCUT2D eigenvalue weighted by Gasteiger charge is 2.31. The number of anilines is 1. The topological polar surface area (TPSA) is 103 Å². The molecule has 3 aromatic heterocycles. The van der Waals surface area contributed by atoms with Gasteiger partial charge in [-0.05, 0) is 37.3 Å². The molecule has 0 aliphatic heterocycles. The van der Waals surface area contributed by atoms with Gasteiger partial charge in [0.2, 0.25) is 5.91 Å². The minimum Gasteiger partial charge on any atom is -0.323 e. The van der Waals surface area contributed by atoms with Gasteiger partial charge in [-0.1, -0.05) is 23.9 Å². The Morgan fingerprint density at radius 1 is 1.15 bits per heavy atom. The number of nitrogens with one attached hydrogen (secondary N) is 1. The molecule has 0 saturated heterocycles. The van der Waals surface area contributed by atoms with E-state index in [2.05, 4.69) is 30.5 Å². The first kappa shape index (κ1) is 21.8. The fraction of sp³-hybridized carbons (Fsp3) is 0.143. The van der Waals surface area contributed by atoms with Crippen molar-refractivity contribution in [2.45, 2.75) is 18.3 Å². The molecule has 0 saturated carbocycles. The molecular weight excluding hydrogens is 469 g/mol. The van der Waals surface area contributed by atoms with Crippen molar-refractivity contribution >= 4 is 39.9 Å². The predicted molar refractivity (Wildman–Crippen MR) is 119 cm³/mol. The molecule has 0 atom stereocenters. The van der Waals surface area contributed by atoms with Gasteiger partial charge in [0.05, 0.1) is 28.2 Å². The smallest absolute Gasteiger partial charge is 0.323 e. The third-order valence-corrected chi connectivity index (χ3v) is 5.78. The number of hydrogen-bond acceptors (Lipinski definition) is 7. The zero-order valence-electron chi connectivity index (χ0n) is 17.5. The monoisotopic (exact) mass is 484 g/mol.